The first kappa shape index (κ1) is 21.8. The van der Waals surface area contributed by atoms with Crippen molar-refractivity contribution in [2.45, 2.75) is 18.9 Å². The Labute approximate surface area is 197 Å². The number of aromatic nitrogens is 2. The zero-order valence-corrected chi connectivity index (χ0v) is 19.0. The van der Waals surface area contributed by atoms with Crippen LogP contribution in [0.5, 0.6) is 0 Å². The van der Waals surface area contributed by atoms with Crippen molar-refractivity contribution in [3.8, 4) is 10.6 Å². The predicted molar refractivity (Wildman–Crippen MR) is 124 cm³/mol. The van der Waals surface area contributed by atoms with Crippen molar-refractivity contribution in [3.05, 3.63) is 57.5 Å². The van der Waals surface area contributed by atoms with Crippen molar-refractivity contribution in [1.82, 2.24) is 15.1 Å². The molecule has 7 nitrogen and oxygen atoms in total. The second-order valence-electron chi connectivity index (χ2n) is 6.82. The lowest BCUT2D eigenvalue weighted by Crippen LogP contribution is -2.45. The fourth-order valence-corrected chi connectivity index (χ4v) is 4.65. The van der Waals surface area contributed by atoms with Crippen LogP contribution >= 0.6 is 46.1 Å². The summed E-state index contributed by atoms with van der Waals surface area (Å²) in [7, 11) is 0. The van der Waals surface area contributed by atoms with Gasteiger partial charge in [-0.3, -0.25) is 10.1 Å². The first-order valence-electron chi connectivity index (χ1n) is 9.34. The number of hydrogen-bond donors (Lipinski definition) is 2. The van der Waals surface area contributed by atoms with Crippen LogP contribution in [0.15, 0.2) is 42.5 Å². The third kappa shape index (κ3) is 5.10. The molecule has 31 heavy (non-hydrogen) atoms. The Kier molecular flexibility index (Phi) is 6.62. The van der Waals surface area contributed by atoms with Gasteiger partial charge >= 0.3 is 6.03 Å². The maximum absolute atomic E-state index is 12.8. The summed E-state index contributed by atoms with van der Waals surface area (Å²) in [5, 5.41) is 16.0. The third-order valence-corrected chi connectivity index (χ3v) is 6.39. The Balaban J connectivity index is 1.43. The van der Waals surface area contributed by atoms with Crippen molar-refractivity contribution in [2.75, 3.05) is 17.2 Å². The maximum Gasteiger partial charge on any atom is 0.322 e. The van der Waals surface area contributed by atoms with E-state index in [0.717, 1.165) is 5.56 Å². The smallest absolute Gasteiger partial charge is 0.312 e. The summed E-state index contributed by atoms with van der Waals surface area (Å²) in [5.41, 5.74) is 1.24. The van der Waals surface area contributed by atoms with Crippen LogP contribution in [0, 0.1) is 0 Å². The van der Waals surface area contributed by atoms with Crippen LogP contribution in [0.2, 0.25) is 15.1 Å². The van der Waals surface area contributed by atoms with E-state index in [0.29, 0.717) is 50.3 Å². The molecule has 1 fully saturated rings. The molecule has 0 radical (unpaired) electrons. The van der Waals surface area contributed by atoms with Crippen LogP contribution in [0.3, 0.4) is 0 Å². The number of benzene rings is 2. The average molecular weight is 497 g/mol. The van der Waals surface area contributed by atoms with E-state index < -0.39 is 12.1 Å². The normalized spacial score (nSPS) is 15.7. The number of nitrogens with one attached hydrogen (secondary N) is 2. The number of carbonyl (C=O) groups is 2. The Morgan fingerprint density at radius 2 is 1.84 bits per heavy atom. The molecular formula is C20H16Cl3N5O2S. The molecule has 0 aliphatic carbocycles. The van der Waals surface area contributed by atoms with Gasteiger partial charge in [-0.15, -0.1) is 10.2 Å². The van der Waals surface area contributed by atoms with Crippen molar-refractivity contribution in [2.24, 2.45) is 0 Å². The largest absolute Gasteiger partial charge is 0.322 e. The maximum atomic E-state index is 12.8. The highest BCUT2D eigenvalue weighted by Gasteiger charge is 2.34. The summed E-state index contributed by atoms with van der Waals surface area (Å²) in [4.78, 5) is 27.1. The molecule has 1 saturated heterocycles. The lowest BCUT2D eigenvalue weighted by molar-refractivity contribution is -0.119. The Morgan fingerprint density at radius 1 is 1.03 bits per heavy atom. The summed E-state index contributed by atoms with van der Waals surface area (Å²) >= 11 is 19.3. The van der Waals surface area contributed by atoms with Gasteiger partial charge in [0, 0.05) is 22.2 Å². The number of urea groups is 1. The van der Waals surface area contributed by atoms with E-state index in [1.54, 1.807) is 30.3 Å². The predicted octanol–water partition coefficient (Wildman–Crippen LogP) is 5.80. The van der Waals surface area contributed by atoms with E-state index in [-0.39, 0.29) is 5.91 Å². The Hall–Kier alpha value is -2.39. The molecule has 1 unspecified atom stereocenters. The van der Waals surface area contributed by atoms with Gasteiger partial charge in [-0.2, -0.15) is 0 Å². The molecule has 1 aromatic heterocycles. The van der Waals surface area contributed by atoms with E-state index in [9.17, 15) is 9.59 Å². The number of likely N-dealkylation sites (tertiary alicyclic amines) is 1. The van der Waals surface area contributed by atoms with Crippen LogP contribution in [-0.4, -0.2) is 39.6 Å². The fourth-order valence-electron chi connectivity index (χ4n) is 3.26. The minimum Gasteiger partial charge on any atom is -0.312 e. The van der Waals surface area contributed by atoms with Crippen LogP contribution in [0.25, 0.3) is 10.6 Å². The zero-order chi connectivity index (χ0) is 22.0. The van der Waals surface area contributed by atoms with Gasteiger partial charge in [-0.05, 0) is 43.2 Å². The van der Waals surface area contributed by atoms with Gasteiger partial charge in [0.2, 0.25) is 11.0 Å². The van der Waals surface area contributed by atoms with Crippen molar-refractivity contribution in [3.63, 3.8) is 0 Å². The molecular weight excluding hydrogens is 481 g/mol. The topological polar surface area (TPSA) is 87.2 Å². The minimum atomic E-state index is -0.621. The molecule has 2 heterocycles. The summed E-state index contributed by atoms with van der Waals surface area (Å²) in [6.45, 7) is 0.457. The molecule has 4 rings (SSSR count). The standard InChI is InChI=1S/C20H16Cl3N5O2S/c21-12-4-1-3-11(9-12)18-26-27-19(31-18)25-17(29)16-5-2-8-28(16)20(30)24-15-7-6-13(22)10-14(15)23/h1,3-4,6-7,9-10,16H,2,5,8H2,(H,24,30)(H,25,27,29). The van der Waals surface area contributed by atoms with E-state index in [1.165, 1.54) is 16.2 Å². The number of rotatable bonds is 4. The molecule has 0 saturated carbocycles. The van der Waals surface area contributed by atoms with E-state index in [4.69, 9.17) is 34.8 Å². The Morgan fingerprint density at radius 3 is 2.61 bits per heavy atom. The van der Waals surface area contributed by atoms with Crippen molar-refractivity contribution >= 4 is 68.9 Å². The molecule has 3 amide bonds. The van der Waals surface area contributed by atoms with Crippen molar-refractivity contribution in [1.29, 1.82) is 0 Å². The molecule has 1 aliphatic heterocycles. The SMILES string of the molecule is O=C(Nc1nnc(-c2cccc(Cl)c2)s1)C1CCCN1C(=O)Nc1ccc(Cl)cc1Cl. The van der Waals surface area contributed by atoms with Crippen LogP contribution < -0.4 is 10.6 Å². The molecule has 11 heteroatoms. The highest BCUT2D eigenvalue weighted by Crippen LogP contribution is 2.30. The molecule has 3 aromatic rings. The number of carbonyl (C=O) groups excluding carboxylic acids is 2. The first-order valence-corrected chi connectivity index (χ1v) is 11.3. The lowest BCUT2D eigenvalue weighted by Gasteiger charge is -2.24. The summed E-state index contributed by atoms with van der Waals surface area (Å²) in [6.07, 6.45) is 1.26. The number of halogens is 3. The van der Waals surface area contributed by atoms with Gasteiger partial charge in [-0.1, -0.05) is 58.3 Å². The van der Waals surface area contributed by atoms with Gasteiger partial charge < -0.3 is 10.2 Å². The third-order valence-electron chi connectivity index (χ3n) is 4.72. The molecule has 2 aromatic carbocycles. The van der Waals surface area contributed by atoms with Gasteiger partial charge in [0.1, 0.15) is 11.0 Å². The summed E-state index contributed by atoms with van der Waals surface area (Å²) < 4.78 is 0. The van der Waals surface area contributed by atoms with E-state index in [2.05, 4.69) is 20.8 Å². The van der Waals surface area contributed by atoms with E-state index >= 15 is 0 Å². The number of anilines is 2. The highest BCUT2D eigenvalue weighted by atomic mass is 35.5. The van der Waals surface area contributed by atoms with E-state index in [1.807, 2.05) is 12.1 Å². The zero-order valence-electron chi connectivity index (χ0n) is 15.9. The Bertz CT molecular complexity index is 1140. The van der Waals surface area contributed by atoms with Gasteiger partial charge in [0.05, 0.1) is 10.7 Å². The van der Waals surface area contributed by atoms with Crippen molar-refractivity contribution < 1.29 is 9.59 Å². The molecule has 160 valence electrons. The van der Waals surface area contributed by atoms with Gasteiger partial charge in [0.25, 0.3) is 0 Å². The number of nitrogens with zero attached hydrogens (tertiary/aromatic N) is 3. The van der Waals surface area contributed by atoms with Gasteiger partial charge in [0.15, 0.2) is 0 Å². The monoisotopic (exact) mass is 495 g/mol. The highest BCUT2D eigenvalue weighted by molar-refractivity contribution is 7.18. The molecule has 1 aliphatic rings. The van der Waals surface area contributed by atoms with Gasteiger partial charge in [-0.25, -0.2) is 4.79 Å². The minimum absolute atomic E-state index is 0.316. The molecule has 0 bridgehead atoms. The van der Waals surface area contributed by atoms with Crippen LogP contribution in [0.1, 0.15) is 12.8 Å². The molecule has 1 atom stereocenters. The fraction of sp³-hybridized carbons (Fsp3) is 0.200. The van der Waals surface area contributed by atoms with Crippen LogP contribution in [-0.2, 0) is 4.79 Å². The quantitative estimate of drug-likeness (QED) is 0.478. The second kappa shape index (κ2) is 9.40. The number of amides is 3. The summed E-state index contributed by atoms with van der Waals surface area (Å²) in [6, 6.07) is 11.0. The van der Waals surface area contributed by atoms with Crippen LogP contribution in [0.4, 0.5) is 15.6 Å². The summed E-state index contributed by atoms with van der Waals surface area (Å²) in [5.74, 6) is -0.316. The lowest BCUT2D eigenvalue weighted by atomic mass is 10.2. The average Bonchev–Trinajstić information content (AvgIpc) is 3.40. The second-order valence-corrected chi connectivity index (χ2v) is 9.08. The molecule has 2 N–H and O–H groups in total. The molecule has 0 spiro atoms. The first-order chi connectivity index (χ1) is 14.9. The number of hydrogen-bond acceptors (Lipinski definition) is 5.